The van der Waals surface area contributed by atoms with E-state index in [1.807, 2.05) is 0 Å². The SMILES string of the molecule is C=C(C)C(=O)OC12CC3(CC)CCC1(CC3)C(C)CC2C. The van der Waals surface area contributed by atoms with E-state index in [0.29, 0.717) is 22.8 Å². The molecule has 0 saturated heterocycles. The molecule has 2 heteroatoms. The van der Waals surface area contributed by atoms with Crippen molar-refractivity contribution in [2.45, 2.75) is 78.2 Å². The van der Waals surface area contributed by atoms with E-state index in [0.717, 1.165) is 6.42 Å². The number of carbonyl (C=O) groups is 1. The van der Waals surface area contributed by atoms with Gasteiger partial charge < -0.3 is 4.74 Å². The second kappa shape index (κ2) is 4.60. The van der Waals surface area contributed by atoms with Gasteiger partial charge in [-0.15, -0.1) is 0 Å². The molecule has 118 valence electrons. The first-order valence-electron chi connectivity index (χ1n) is 8.70. The molecule has 4 aliphatic rings. The molecule has 21 heavy (non-hydrogen) atoms. The van der Waals surface area contributed by atoms with E-state index in [4.69, 9.17) is 4.74 Å². The molecule has 0 amide bonds. The first-order valence-corrected chi connectivity index (χ1v) is 8.70. The van der Waals surface area contributed by atoms with Gasteiger partial charge in [0.25, 0.3) is 0 Å². The second-order valence-electron chi connectivity index (χ2n) is 8.28. The van der Waals surface area contributed by atoms with Crippen molar-refractivity contribution in [1.29, 1.82) is 0 Å². The maximum atomic E-state index is 12.3. The predicted molar refractivity (Wildman–Crippen MR) is 84.8 cm³/mol. The van der Waals surface area contributed by atoms with E-state index >= 15 is 0 Å². The van der Waals surface area contributed by atoms with E-state index in [1.165, 1.54) is 38.5 Å². The molecule has 4 saturated carbocycles. The molecule has 0 radical (unpaired) electrons. The highest BCUT2D eigenvalue weighted by Crippen LogP contribution is 2.72. The fraction of sp³-hybridized carbons (Fsp3) is 0.842. The van der Waals surface area contributed by atoms with Gasteiger partial charge in [0.1, 0.15) is 5.60 Å². The summed E-state index contributed by atoms with van der Waals surface area (Å²) in [6, 6.07) is 0. The molecule has 1 spiro atoms. The van der Waals surface area contributed by atoms with Crippen molar-refractivity contribution in [2.75, 3.05) is 0 Å². The molecule has 3 unspecified atom stereocenters. The molecule has 4 aliphatic carbocycles. The Morgan fingerprint density at radius 3 is 2.33 bits per heavy atom. The van der Waals surface area contributed by atoms with Crippen LogP contribution in [0.5, 0.6) is 0 Å². The molecule has 4 rings (SSSR count). The number of hydrogen-bond donors (Lipinski definition) is 0. The normalized spacial score (nSPS) is 48.0. The molecule has 0 aromatic heterocycles. The zero-order valence-corrected chi connectivity index (χ0v) is 14.1. The Hall–Kier alpha value is -0.790. The number of fused-ring (bicyclic) bond motifs is 2. The molecule has 0 aromatic carbocycles. The first kappa shape index (κ1) is 15.1. The van der Waals surface area contributed by atoms with Gasteiger partial charge in [0.15, 0.2) is 0 Å². The van der Waals surface area contributed by atoms with Crippen LogP contribution in [0.15, 0.2) is 12.2 Å². The van der Waals surface area contributed by atoms with Crippen LogP contribution in [0.25, 0.3) is 0 Å². The van der Waals surface area contributed by atoms with Gasteiger partial charge in [-0.05, 0) is 62.7 Å². The molecular formula is C19H30O2. The van der Waals surface area contributed by atoms with Crippen LogP contribution in [0.2, 0.25) is 0 Å². The summed E-state index contributed by atoms with van der Waals surface area (Å²) in [5.74, 6) is 0.969. The van der Waals surface area contributed by atoms with Gasteiger partial charge in [-0.25, -0.2) is 4.79 Å². The summed E-state index contributed by atoms with van der Waals surface area (Å²) in [6.07, 6.45) is 8.65. The highest BCUT2D eigenvalue weighted by atomic mass is 16.6. The Kier molecular flexibility index (Phi) is 3.31. The maximum absolute atomic E-state index is 12.3. The highest BCUT2D eigenvalue weighted by Gasteiger charge is 2.71. The van der Waals surface area contributed by atoms with Crippen molar-refractivity contribution < 1.29 is 9.53 Å². The monoisotopic (exact) mass is 290 g/mol. The fourth-order valence-electron chi connectivity index (χ4n) is 6.05. The molecule has 0 aliphatic heterocycles. The van der Waals surface area contributed by atoms with Crippen molar-refractivity contribution in [3.8, 4) is 0 Å². The van der Waals surface area contributed by atoms with Gasteiger partial charge in [-0.3, -0.25) is 0 Å². The number of hydrogen-bond acceptors (Lipinski definition) is 2. The lowest BCUT2D eigenvalue weighted by molar-refractivity contribution is -0.225. The lowest BCUT2D eigenvalue weighted by Gasteiger charge is -2.63. The molecule has 3 atom stereocenters. The Bertz CT molecular complexity index is 470. The van der Waals surface area contributed by atoms with Crippen molar-refractivity contribution in [1.82, 2.24) is 0 Å². The molecule has 2 nitrogen and oxygen atoms in total. The minimum Gasteiger partial charge on any atom is -0.455 e. The standard InChI is InChI=1S/C19H30O2/c1-6-17-7-9-18(10-8-17)14(4)11-15(5)19(18,12-17)21-16(20)13(2)3/h14-15H,2,6-12H2,1,3-5H3. The van der Waals surface area contributed by atoms with Crippen molar-refractivity contribution in [3.05, 3.63) is 12.2 Å². The van der Waals surface area contributed by atoms with E-state index < -0.39 is 0 Å². The topological polar surface area (TPSA) is 26.3 Å². The van der Waals surface area contributed by atoms with Gasteiger partial charge in [0.05, 0.1) is 0 Å². The van der Waals surface area contributed by atoms with Crippen LogP contribution in [-0.2, 0) is 9.53 Å². The van der Waals surface area contributed by atoms with Crippen LogP contribution in [0.4, 0.5) is 0 Å². The number of rotatable bonds is 3. The van der Waals surface area contributed by atoms with Crippen molar-refractivity contribution in [2.24, 2.45) is 22.7 Å². The number of esters is 1. The van der Waals surface area contributed by atoms with Crippen LogP contribution in [0.1, 0.15) is 72.6 Å². The van der Waals surface area contributed by atoms with Gasteiger partial charge in [0.2, 0.25) is 0 Å². The zero-order valence-electron chi connectivity index (χ0n) is 14.1. The Balaban J connectivity index is 2.04. The third-order valence-electron chi connectivity index (χ3n) is 7.50. The van der Waals surface area contributed by atoms with Gasteiger partial charge in [-0.1, -0.05) is 33.8 Å². The smallest absolute Gasteiger partial charge is 0.333 e. The summed E-state index contributed by atoms with van der Waals surface area (Å²) in [4.78, 5) is 12.3. The molecule has 0 N–H and O–H groups in total. The van der Waals surface area contributed by atoms with Crippen LogP contribution < -0.4 is 0 Å². The van der Waals surface area contributed by atoms with Crippen LogP contribution in [0, 0.1) is 22.7 Å². The first-order chi connectivity index (χ1) is 9.81. The Morgan fingerprint density at radius 1 is 1.19 bits per heavy atom. The summed E-state index contributed by atoms with van der Waals surface area (Å²) in [5.41, 5.74) is 0.956. The fourth-order valence-corrected chi connectivity index (χ4v) is 6.05. The van der Waals surface area contributed by atoms with Gasteiger partial charge in [-0.2, -0.15) is 0 Å². The van der Waals surface area contributed by atoms with Crippen molar-refractivity contribution in [3.63, 3.8) is 0 Å². The lowest BCUT2D eigenvalue weighted by atomic mass is 9.45. The Labute approximate surface area is 129 Å². The van der Waals surface area contributed by atoms with E-state index in [-0.39, 0.29) is 17.0 Å². The maximum Gasteiger partial charge on any atom is 0.333 e. The highest BCUT2D eigenvalue weighted by molar-refractivity contribution is 5.87. The Morgan fingerprint density at radius 2 is 1.81 bits per heavy atom. The summed E-state index contributed by atoms with van der Waals surface area (Å²) in [7, 11) is 0. The summed E-state index contributed by atoms with van der Waals surface area (Å²) in [6.45, 7) is 12.6. The van der Waals surface area contributed by atoms with Crippen LogP contribution in [0.3, 0.4) is 0 Å². The van der Waals surface area contributed by atoms with Gasteiger partial charge >= 0.3 is 5.97 Å². The summed E-state index contributed by atoms with van der Waals surface area (Å²) in [5, 5.41) is 0. The van der Waals surface area contributed by atoms with Gasteiger partial charge in [0, 0.05) is 11.0 Å². The molecule has 4 fully saturated rings. The lowest BCUT2D eigenvalue weighted by Crippen LogP contribution is -2.62. The third-order valence-corrected chi connectivity index (χ3v) is 7.50. The average Bonchev–Trinajstić information content (AvgIpc) is 2.67. The minimum atomic E-state index is -0.227. The average molecular weight is 290 g/mol. The largest absolute Gasteiger partial charge is 0.455 e. The number of ether oxygens (including phenoxy) is 1. The van der Waals surface area contributed by atoms with Crippen molar-refractivity contribution >= 4 is 5.97 Å². The third kappa shape index (κ3) is 1.80. The predicted octanol–water partition coefficient (Wildman–Crippen LogP) is 4.88. The summed E-state index contributed by atoms with van der Waals surface area (Å²) < 4.78 is 6.26. The minimum absolute atomic E-state index is 0.172. The quantitative estimate of drug-likeness (QED) is 0.547. The molecule has 0 heterocycles. The molecular weight excluding hydrogens is 260 g/mol. The van der Waals surface area contributed by atoms with E-state index in [2.05, 4.69) is 27.4 Å². The second-order valence-corrected chi connectivity index (χ2v) is 8.28. The molecule has 0 aromatic rings. The van der Waals surface area contributed by atoms with Crippen LogP contribution in [-0.4, -0.2) is 11.6 Å². The van der Waals surface area contributed by atoms with E-state index in [1.54, 1.807) is 6.92 Å². The van der Waals surface area contributed by atoms with Crippen LogP contribution >= 0.6 is 0 Å². The van der Waals surface area contributed by atoms with E-state index in [9.17, 15) is 4.79 Å². The zero-order chi connectivity index (χ0) is 15.5. The number of carbonyl (C=O) groups excluding carboxylic acids is 1. The molecule has 2 bridgehead atoms. The summed E-state index contributed by atoms with van der Waals surface area (Å²) >= 11 is 0.